The van der Waals surface area contributed by atoms with E-state index in [9.17, 15) is 8.42 Å². The van der Waals surface area contributed by atoms with Crippen LogP contribution < -0.4 is 0 Å². The Morgan fingerprint density at radius 1 is 1.28 bits per heavy atom. The highest BCUT2D eigenvalue weighted by Gasteiger charge is 2.38. The fraction of sp³-hybridized carbons (Fsp3) is 0.571. The number of aryl methyl sites for hydroxylation is 1. The zero-order valence-electron chi connectivity index (χ0n) is 11.3. The van der Waals surface area contributed by atoms with Gasteiger partial charge < -0.3 is 0 Å². The van der Waals surface area contributed by atoms with Gasteiger partial charge in [0, 0.05) is 13.1 Å². The SMILES string of the molecule is CC[C@@]1(C)CCN(S(=O)(=O)c2ccc(C)cc2)C1. The van der Waals surface area contributed by atoms with Gasteiger partial charge in [0.2, 0.25) is 10.0 Å². The number of rotatable bonds is 3. The van der Waals surface area contributed by atoms with E-state index in [1.807, 2.05) is 19.1 Å². The lowest BCUT2D eigenvalue weighted by molar-refractivity contribution is 0.326. The molecule has 0 aliphatic carbocycles. The molecule has 0 saturated carbocycles. The van der Waals surface area contributed by atoms with Crippen LogP contribution in [0.15, 0.2) is 29.2 Å². The molecule has 0 aromatic heterocycles. The van der Waals surface area contributed by atoms with Crippen LogP contribution in [0.2, 0.25) is 0 Å². The van der Waals surface area contributed by atoms with Crippen molar-refractivity contribution in [1.29, 1.82) is 0 Å². The Balaban J connectivity index is 2.25. The number of sulfonamides is 1. The summed E-state index contributed by atoms with van der Waals surface area (Å²) < 4.78 is 26.6. The molecule has 100 valence electrons. The monoisotopic (exact) mass is 267 g/mol. The van der Waals surface area contributed by atoms with Crippen LogP contribution in [0, 0.1) is 12.3 Å². The summed E-state index contributed by atoms with van der Waals surface area (Å²) in [6.45, 7) is 7.53. The Bertz CT molecular complexity index is 521. The Morgan fingerprint density at radius 2 is 1.89 bits per heavy atom. The third kappa shape index (κ3) is 2.45. The van der Waals surface area contributed by atoms with Crippen molar-refractivity contribution < 1.29 is 8.42 Å². The second kappa shape index (κ2) is 4.67. The van der Waals surface area contributed by atoms with Crippen LogP contribution in [0.3, 0.4) is 0 Å². The molecule has 1 aliphatic rings. The van der Waals surface area contributed by atoms with Crippen LogP contribution in [0.25, 0.3) is 0 Å². The van der Waals surface area contributed by atoms with E-state index < -0.39 is 10.0 Å². The molecule has 2 rings (SSSR count). The number of hydrogen-bond acceptors (Lipinski definition) is 2. The van der Waals surface area contributed by atoms with Gasteiger partial charge in [0.05, 0.1) is 4.90 Å². The molecule has 1 heterocycles. The van der Waals surface area contributed by atoms with Crippen LogP contribution in [0.5, 0.6) is 0 Å². The molecule has 0 N–H and O–H groups in total. The summed E-state index contributed by atoms with van der Waals surface area (Å²) in [5, 5.41) is 0. The molecule has 18 heavy (non-hydrogen) atoms. The number of nitrogens with zero attached hydrogens (tertiary/aromatic N) is 1. The summed E-state index contributed by atoms with van der Waals surface area (Å²) in [6.07, 6.45) is 1.97. The first kappa shape index (κ1) is 13.6. The second-order valence-corrected chi connectivity index (χ2v) is 7.50. The molecule has 1 aromatic rings. The van der Waals surface area contributed by atoms with Crippen molar-refractivity contribution in [2.24, 2.45) is 5.41 Å². The first-order chi connectivity index (χ1) is 8.37. The Hall–Kier alpha value is -0.870. The summed E-state index contributed by atoms with van der Waals surface area (Å²) in [5.41, 5.74) is 1.21. The molecule has 1 saturated heterocycles. The van der Waals surface area contributed by atoms with E-state index in [4.69, 9.17) is 0 Å². The minimum Gasteiger partial charge on any atom is -0.207 e. The molecule has 0 amide bonds. The lowest BCUT2D eigenvalue weighted by atomic mass is 9.87. The van der Waals surface area contributed by atoms with Gasteiger partial charge in [-0.25, -0.2) is 8.42 Å². The molecular weight excluding hydrogens is 246 g/mol. The lowest BCUT2D eigenvalue weighted by Crippen LogP contribution is -2.31. The standard InChI is InChI=1S/C14H21NO2S/c1-4-14(3)9-10-15(11-14)18(16,17)13-7-5-12(2)6-8-13/h5-8H,4,9-11H2,1-3H3/t14-/m0/s1. The smallest absolute Gasteiger partial charge is 0.207 e. The van der Waals surface area contributed by atoms with E-state index in [0.29, 0.717) is 18.0 Å². The average Bonchev–Trinajstić information content (AvgIpc) is 2.74. The molecule has 0 unspecified atom stereocenters. The molecular formula is C14H21NO2S. The minimum atomic E-state index is -3.30. The zero-order chi connectivity index (χ0) is 13.4. The van der Waals surface area contributed by atoms with Gasteiger partial charge in [-0.1, -0.05) is 31.5 Å². The topological polar surface area (TPSA) is 37.4 Å². The fourth-order valence-electron chi connectivity index (χ4n) is 2.33. The first-order valence-corrected chi connectivity index (χ1v) is 7.88. The van der Waals surface area contributed by atoms with Crippen LogP contribution in [0.4, 0.5) is 0 Å². The molecule has 0 radical (unpaired) electrons. The maximum absolute atomic E-state index is 12.5. The summed E-state index contributed by atoms with van der Waals surface area (Å²) in [7, 11) is -3.30. The predicted molar refractivity (Wildman–Crippen MR) is 73.0 cm³/mol. The van der Waals surface area contributed by atoms with Crippen molar-refractivity contribution in [3.63, 3.8) is 0 Å². The third-order valence-electron chi connectivity index (χ3n) is 4.04. The van der Waals surface area contributed by atoms with Crippen molar-refractivity contribution in [2.45, 2.75) is 38.5 Å². The fourth-order valence-corrected chi connectivity index (χ4v) is 3.92. The molecule has 0 spiro atoms. The van der Waals surface area contributed by atoms with Gasteiger partial charge in [-0.15, -0.1) is 0 Å². The van der Waals surface area contributed by atoms with Crippen molar-refractivity contribution >= 4 is 10.0 Å². The summed E-state index contributed by atoms with van der Waals surface area (Å²) in [6, 6.07) is 7.10. The highest BCUT2D eigenvalue weighted by Crippen LogP contribution is 2.35. The molecule has 1 aliphatic heterocycles. The zero-order valence-corrected chi connectivity index (χ0v) is 12.1. The summed E-state index contributed by atoms with van der Waals surface area (Å²) in [4.78, 5) is 0.411. The van der Waals surface area contributed by atoms with Gasteiger partial charge in [-0.3, -0.25) is 0 Å². The molecule has 1 atom stereocenters. The molecule has 1 fully saturated rings. The van der Waals surface area contributed by atoms with E-state index in [1.54, 1.807) is 16.4 Å². The third-order valence-corrected chi connectivity index (χ3v) is 5.89. The van der Waals surface area contributed by atoms with Gasteiger partial charge in [-0.05, 0) is 37.3 Å². The molecule has 3 nitrogen and oxygen atoms in total. The Morgan fingerprint density at radius 3 is 2.39 bits per heavy atom. The van der Waals surface area contributed by atoms with Crippen LogP contribution in [-0.4, -0.2) is 25.8 Å². The Labute approximate surface area is 110 Å². The second-order valence-electron chi connectivity index (χ2n) is 5.57. The average molecular weight is 267 g/mol. The van der Waals surface area contributed by atoms with Gasteiger partial charge in [0.25, 0.3) is 0 Å². The first-order valence-electron chi connectivity index (χ1n) is 6.44. The van der Waals surface area contributed by atoms with E-state index >= 15 is 0 Å². The van der Waals surface area contributed by atoms with E-state index in [1.165, 1.54) is 0 Å². The predicted octanol–water partition coefficient (Wildman–Crippen LogP) is 2.81. The minimum absolute atomic E-state index is 0.137. The normalized spacial score (nSPS) is 25.5. The van der Waals surface area contributed by atoms with Gasteiger partial charge in [-0.2, -0.15) is 4.31 Å². The van der Waals surface area contributed by atoms with Crippen LogP contribution in [0.1, 0.15) is 32.3 Å². The van der Waals surface area contributed by atoms with Gasteiger partial charge in [0.15, 0.2) is 0 Å². The maximum Gasteiger partial charge on any atom is 0.243 e. The van der Waals surface area contributed by atoms with Crippen molar-refractivity contribution in [2.75, 3.05) is 13.1 Å². The van der Waals surface area contributed by atoms with Gasteiger partial charge >= 0.3 is 0 Å². The highest BCUT2D eigenvalue weighted by atomic mass is 32.2. The largest absolute Gasteiger partial charge is 0.243 e. The van der Waals surface area contributed by atoms with E-state index in [2.05, 4.69) is 13.8 Å². The van der Waals surface area contributed by atoms with Crippen LogP contribution >= 0.6 is 0 Å². The van der Waals surface area contributed by atoms with E-state index in [-0.39, 0.29) is 5.41 Å². The van der Waals surface area contributed by atoms with Crippen molar-refractivity contribution in [3.05, 3.63) is 29.8 Å². The molecule has 4 heteroatoms. The summed E-state index contributed by atoms with van der Waals surface area (Å²) >= 11 is 0. The van der Waals surface area contributed by atoms with Crippen molar-refractivity contribution in [1.82, 2.24) is 4.31 Å². The Kier molecular flexibility index (Phi) is 3.52. The summed E-state index contributed by atoms with van der Waals surface area (Å²) in [5.74, 6) is 0. The number of benzene rings is 1. The van der Waals surface area contributed by atoms with Crippen molar-refractivity contribution in [3.8, 4) is 0 Å². The van der Waals surface area contributed by atoms with Crippen LogP contribution in [-0.2, 0) is 10.0 Å². The number of hydrogen-bond donors (Lipinski definition) is 0. The quantitative estimate of drug-likeness (QED) is 0.844. The highest BCUT2D eigenvalue weighted by molar-refractivity contribution is 7.89. The van der Waals surface area contributed by atoms with E-state index in [0.717, 1.165) is 18.4 Å². The maximum atomic E-state index is 12.5. The molecule has 0 bridgehead atoms. The molecule has 1 aromatic carbocycles. The van der Waals surface area contributed by atoms with Gasteiger partial charge in [0.1, 0.15) is 0 Å². The lowest BCUT2D eigenvalue weighted by Gasteiger charge is -2.22.